The SMILES string of the molecule is C1=C(c2ccc3c(c2)c2ccccc2n3-c2cccc(-c3ccccc3)c2)CCc2c1c1ccccc1n2-c1cccc(-c2ccccc2)c1. The third-order valence-corrected chi connectivity index (χ3v) is 10.4. The minimum Gasteiger partial charge on any atom is -0.313 e. The fourth-order valence-electron chi connectivity index (χ4n) is 8.11. The Morgan fingerprint density at radius 3 is 1.56 bits per heavy atom. The summed E-state index contributed by atoms with van der Waals surface area (Å²) in [4.78, 5) is 0. The van der Waals surface area contributed by atoms with Crippen LogP contribution in [0.5, 0.6) is 0 Å². The molecule has 2 heteroatoms. The number of nitrogens with zero attached hydrogens (tertiary/aromatic N) is 2. The van der Waals surface area contributed by atoms with Crippen molar-refractivity contribution in [1.29, 1.82) is 0 Å². The van der Waals surface area contributed by atoms with E-state index in [9.17, 15) is 0 Å². The number of benzene rings is 7. The standard InChI is InChI=1S/C48H34N2/c1-3-13-33(14-4-1)35-17-11-19-39(29-35)49-45-23-9-7-21-41(45)43-31-37(25-27-47(43)49)38-26-28-48-44(32-38)42-22-8-10-24-46(42)50(48)40-20-12-18-36(30-40)34-15-5-2-6-16-34/h1-25,27,29-32H,26,28H2. The number of hydrogen-bond donors (Lipinski definition) is 0. The maximum atomic E-state index is 2.49. The quantitative estimate of drug-likeness (QED) is 0.178. The van der Waals surface area contributed by atoms with Crippen LogP contribution in [0.25, 0.3) is 78.0 Å². The summed E-state index contributed by atoms with van der Waals surface area (Å²) in [6.45, 7) is 0. The molecule has 2 heterocycles. The molecule has 10 rings (SSSR count). The summed E-state index contributed by atoms with van der Waals surface area (Å²) in [6.07, 6.45) is 4.44. The first-order chi connectivity index (χ1) is 24.8. The van der Waals surface area contributed by atoms with Crippen LogP contribution < -0.4 is 0 Å². The van der Waals surface area contributed by atoms with E-state index in [2.05, 4.69) is 191 Å². The van der Waals surface area contributed by atoms with Gasteiger partial charge in [-0.25, -0.2) is 0 Å². The number of rotatable bonds is 5. The predicted octanol–water partition coefficient (Wildman–Crippen LogP) is 12.5. The Kier molecular flexibility index (Phi) is 6.67. The van der Waals surface area contributed by atoms with Crippen LogP contribution in [0.15, 0.2) is 176 Å². The van der Waals surface area contributed by atoms with E-state index >= 15 is 0 Å². The molecule has 0 unspecified atom stereocenters. The summed E-state index contributed by atoms with van der Waals surface area (Å²) in [5.74, 6) is 0. The molecule has 0 bridgehead atoms. The topological polar surface area (TPSA) is 9.86 Å². The van der Waals surface area contributed by atoms with Gasteiger partial charge in [-0.15, -0.1) is 0 Å². The van der Waals surface area contributed by atoms with Crippen molar-refractivity contribution >= 4 is 44.4 Å². The first-order valence-corrected chi connectivity index (χ1v) is 17.5. The monoisotopic (exact) mass is 638 g/mol. The van der Waals surface area contributed by atoms with Crippen molar-refractivity contribution in [2.45, 2.75) is 12.8 Å². The second-order valence-corrected chi connectivity index (χ2v) is 13.3. The lowest BCUT2D eigenvalue weighted by Gasteiger charge is -2.18. The van der Waals surface area contributed by atoms with E-state index in [4.69, 9.17) is 0 Å². The smallest absolute Gasteiger partial charge is 0.0541 e. The third kappa shape index (κ3) is 4.64. The normalized spacial score (nSPS) is 12.8. The molecule has 1 aliphatic rings. The summed E-state index contributed by atoms with van der Waals surface area (Å²) in [6, 6.07) is 64.0. The summed E-state index contributed by atoms with van der Waals surface area (Å²) < 4.78 is 4.91. The van der Waals surface area contributed by atoms with E-state index in [0.717, 1.165) is 12.8 Å². The highest BCUT2D eigenvalue weighted by atomic mass is 15.0. The Balaban J connectivity index is 1.10. The van der Waals surface area contributed by atoms with E-state index in [-0.39, 0.29) is 0 Å². The van der Waals surface area contributed by atoms with Gasteiger partial charge in [-0.2, -0.15) is 0 Å². The molecule has 1 aliphatic carbocycles. The Labute approximate surface area is 291 Å². The summed E-state index contributed by atoms with van der Waals surface area (Å²) in [5.41, 5.74) is 16.4. The highest BCUT2D eigenvalue weighted by Crippen LogP contribution is 2.41. The lowest BCUT2D eigenvalue weighted by molar-refractivity contribution is 0.898. The van der Waals surface area contributed by atoms with Crippen LogP contribution in [0.3, 0.4) is 0 Å². The highest BCUT2D eigenvalue weighted by Gasteiger charge is 2.23. The molecule has 50 heavy (non-hydrogen) atoms. The number of hydrogen-bond acceptors (Lipinski definition) is 0. The molecule has 0 amide bonds. The largest absolute Gasteiger partial charge is 0.313 e. The lowest BCUT2D eigenvalue weighted by atomic mass is 9.90. The molecule has 0 atom stereocenters. The van der Waals surface area contributed by atoms with Gasteiger partial charge in [0.15, 0.2) is 0 Å². The third-order valence-electron chi connectivity index (χ3n) is 10.4. The molecule has 0 saturated heterocycles. The zero-order valence-electron chi connectivity index (χ0n) is 27.6. The van der Waals surface area contributed by atoms with Crippen LogP contribution in [-0.4, -0.2) is 9.13 Å². The van der Waals surface area contributed by atoms with E-state index in [0.29, 0.717) is 0 Å². The van der Waals surface area contributed by atoms with Gasteiger partial charge in [0.05, 0.1) is 16.6 Å². The van der Waals surface area contributed by atoms with E-state index in [1.54, 1.807) is 0 Å². The lowest BCUT2D eigenvalue weighted by Crippen LogP contribution is -2.05. The van der Waals surface area contributed by atoms with Crippen LogP contribution in [0.4, 0.5) is 0 Å². The van der Waals surface area contributed by atoms with Crippen molar-refractivity contribution in [1.82, 2.24) is 9.13 Å². The van der Waals surface area contributed by atoms with Gasteiger partial charge in [-0.1, -0.05) is 127 Å². The Hall–Kier alpha value is -6.38. The van der Waals surface area contributed by atoms with E-state index in [1.165, 1.54) is 88.7 Å². The molecule has 7 aromatic carbocycles. The van der Waals surface area contributed by atoms with Crippen LogP contribution in [-0.2, 0) is 6.42 Å². The van der Waals surface area contributed by atoms with Crippen molar-refractivity contribution in [2.75, 3.05) is 0 Å². The van der Waals surface area contributed by atoms with Crippen molar-refractivity contribution in [3.63, 3.8) is 0 Å². The minimum absolute atomic E-state index is 0.984. The van der Waals surface area contributed by atoms with Crippen molar-refractivity contribution in [3.8, 4) is 33.6 Å². The van der Waals surface area contributed by atoms with Crippen molar-refractivity contribution in [2.24, 2.45) is 0 Å². The zero-order chi connectivity index (χ0) is 33.0. The maximum Gasteiger partial charge on any atom is 0.0541 e. The van der Waals surface area contributed by atoms with Gasteiger partial charge in [-0.3, -0.25) is 0 Å². The zero-order valence-corrected chi connectivity index (χ0v) is 27.6. The molecule has 2 aromatic heterocycles. The predicted molar refractivity (Wildman–Crippen MR) is 211 cm³/mol. The van der Waals surface area contributed by atoms with Crippen LogP contribution >= 0.6 is 0 Å². The molecule has 0 aliphatic heterocycles. The second kappa shape index (κ2) is 11.6. The molecule has 0 radical (unpaired) electrons. The molecule has 2 nitrogen and oxygen atoms in total. The van der Waals surface area contributed by atoms with Gasteiger partial charge >= 0.3 is 0 Å². The fourth-order valence-corrected chi connectivity index (χ4v) is 8.11. The molecule has 0 fully saturated rings. The number of fused-ring (bicyclic) bond motifs is 6. The van der Waals surface area contributed by atoms with Gasteiger partial charge in [0.25, 0.3) is 0 Å². The van der Waals surface area contributed by atoms with Gasteiger partial charge in [0.1, 0.15) is 0 Å². The van der Waals surface area contributed by atoms with E-state index in [1.807, 2.05) is 0 Å². The number of aromatic nitrogens is 2. The summed E-state index contributed by atoms with van der Waals surface area (Å²) >= 11 is 0. The number of para-hydroxylation sites is 2. The Morgan fingerprint density at radius 1 is 0.340 bits per heavy atom. The molecule has 236 valence electrons. The molecule has 9 aromatic rings. The minimum atomic E-state index is 0.984. The number of allylic oxidation sites excluding steroid dienone is 1. The summed E-state index contributed by atoms with van der Waals surface area (Å²) in [5, 5.41) is 3.87. The Bertz CT molecular complexity index is 2740. The maximum absolute atomic E-state index is 2.49. The first-order valence-electron chi connectivity index (χ1n) is 17.5. The average Bonchev–Trinajstić information content (AvgIpc) is 3.71. The molecule has 0 saturated carbocycles. The first kappa shape index (κ1) is 28.6. The summed E-state index contributed by atoms with van der Waals surface area (Å²) in [7, 11) is 0. The van der Waals surface area contributed by atoms with Gasteiger partial charge in [-0.05, 0) is 101 Å². The second-order valence-electron chi connectivity index (χ2n) is 13.3. The molecule has 0 N–H and O–H groups in total. The van der Waals surface area contributed by atoms with Crippen LogP contribution in [0.2, 0.25) is 0 Å². The Morgan fingerprint density at radius 2 is 0.880 bits per heavy atom. The van der Waals surface area contributed by atoms with Crippen LogP contribution in [0.1, 0.15) is 23.2 Å². The van der Waals surface area contributed by atoms with Gasteiger partial charge in [0, 0.05) is 38.8 Å². The van der Waals surface area contributed by atoms with Crippen molar-refractivity contribution < 1.29 is 0 Å². The molecular weight excluding hydrogens is 605 g/mol. The van der Waals surface area contributed by atoms with E-state index < -0.39 is 0 Å². The molecule has 0 spiro atoms. The van der Waals surface area contributed by atoms with Gasteiger partial charge < -0.3 is 9.13 Å². The van der Waals surface area contributed by atoms with Crippen LogP contribution in [0, 0.1) is 0 Å². The fraction of sp³-hybridized carbons (Fsp3) is 0.0417. The van der Waals surface area contributed by atoms with Gasteiger partial charge in [0.2, 0.25) is 0 Å². The molecular formula is C48H34N2. The average molecular weight is 639 g/mol. The van der Waals surface area contributed by atoms with Crippen molar-refractivity contribution in [3.05, 3.63) is 193 Å². The highest BCUT2D eigenvalue weighted by molar-refractivity contribution is 6.11.